The summed E-state index contributed by atoms with van der Waals surface area (Å²) in [5, 5.41) is 0. The summed E-state index contributed by atoms with van der Waals surface area (Å²) in [6, 6.07) is 0. The number of hydrogen-bond donors (Lipinski definition) is 0. The second-order valence-electron chi connectivity index (χ2n) is 7.40. The maximum Gasteiger partial charge on any atom is 0.311 e. The molecule has 0 saturated heterocycles. The minimum atomic E-state index is -3.50. The van der Waals surface area contributed by atoms with Gasteiger partial charge in [-0.25, -0.2) is 0 Å². The number of carbonyl (C=O) groups is 1. The Labute approximate surface area is 158 Å². The zero-order valence-corrected chi connectivity index (χ0v) is 17.8. The molecule has 0 amide bonds. The van der Waals surface area contributed by atoms with E-state index in [0.29, 0.717) is 12.8 Å². The standard InChI is InChI=1S/C19H37O4S2/c1-3-4-5-9-15-19(20)17-24(2)23-25(21,22)16-11-10-14-18-12-7-6-8-13-18/h18H,3-17H2,1-2H3/q+1. The second-order valence-corrected chi connectivity index (χ2v) is 10.9. The lowest BCUT2D eigenvalue weighted by Crippen LogP contribution is -2.22. The predicted molar refractivity (Wildman–Crippen MR) is 107 cm³/mol. The molecule has 0 radical (unpaired) electrons. The Morgan fingerprint density at radius 3 is 2.44 bits per heavy atom. The van der Waals surface area contributed by atoms with E-state index in [4.69, 9.17) is 3.63 Å². The highest BCUT2D eigenvalue weighted by Crippen LogP contribution is 2.27. The van der Waals surface area contributed by atoms with Gasteiger partial charge in [0.15, 0.2) is 22.7 Å². The van der Waals surface area contributed by atoms with Gasteiger partial charge in [0.2, 0.25) is 0 Å². The molecule has 6 heteroatoms. The van der Waals surface area contributed by atoms with Crippen molar-refractivity contribution >= 4 is 27.1 Å². The summed E-state index contributed by atoms with van der Waals surface area (Å²) in [5.74, 6) is 1.23. The van der Waals surface area contributed by atoms with E-state index in [2.05, 4.69) is 6.92 Å². The van der Waals surface area contributed by atoms with Crippen LogP contribution in [0.1, 0.15) is 90.4 Å². The molecule has 0 bridgehead atoms. The summed E-state index contributed by atoms with van der Waals surface area (Å²) in [6.07, 6.45) is 15.9. The minimum Gasteiger partial charge on any atom is -0.294 e. The van der Waals surface area contributed by atoms with Crippen molar-refractivity contribution in [1.29, 1.82) is 0 Å². The molecule has 148 valence electrons. The fourth-order valence-corrected chi connectivity index (χ4v) is 6.51. The van der Waals surface area contributed by atoms with Crippen LogP contribution >= 0.6 is 0 Å². The number of Topliss-reactive ketones (excluding diaryl/α,β-unsaturated/α-hetero) is 1. The Morgan fingerprint density at radius 1 is 1.04 bits per heavy atom. The average Bonchev–Trinajstić information content (AvgIpc) is 2.56. The van der Waals surface area contributed by atoms with Gasteiger partial charge in [0, 0.05) is 6.42 Å². The van der Waals surface area contributed by atoms with Crippen LogP contribution in [0.15, 0.2) is 0 Å². The van der Waals surface area contributed by atoms with Crippen LogP contribution in [0.4, 0.5) is 0 Å². The number of carbonyl (C=O) groups excluding carboxylic acids is 1. The molecule has 1 saturated carbocycles. The van der Waals surface area contributed by atoms with E-state index in [1.54, 1.807) is 6.26 Å². The van der Waals surface area contributed by atoms with Crippen molar-refractivity contribution in [3.63, 3.8) is 0 Å². The third-order valence-corrected chi connectivity index (χ3v) is 8.15. The van der Waals surface area contributed by atoms with Crippen LogP contribution in [0.3, 0.4) is 0 Å². The Kier molecular flexibility index (Phi) is 12.1. The van der Waals surface area contributed by atoms with Crippen LogP contribution in [-0.4, -0.2) is 32.0 Å². The van der Waals surface area contributed by atoms with Gasteiger partial charge in [-0.1, -0.05) is 71.1 Å². The zero-order valence-electron chi connectivity index (χ0n) is 16.1. The van der Waals surface area contributed by atoms with Gasteiger partial charge >= 0.3 is 10.1 Å². The number of unbranched alkanes of at least 4 members (excludes halogenated alkanes) is 4. The van der Waals surface area contributed by atoms with Gasteiger partial charge in [-0.2, -0.15) is 8.42 Å². The third-order valence-electron chi connectivity index (χ3n) is 4.87. The van der Waals surface area contributed by atoms with E-state index in [1.807, 2.05) is 0 Å². The normalized spacial score (nSPS) is 17.5. The average molecular weight is 394 g/mol. The first-order valence-corrected chi connectivity index (χ1v) is 13.3. The largest absolute Gasteiger partial charge is 0.311 e. The van der Waals surface area contributed by atoms with Gasteiger partial charge in [0.1, 0.15) is 6.26 Å². The molecule has 1 aliphatic carbocycles. The van der Waals surface area contributed by atoms with E-state index in [-0.39, 0.29) is 17.3 Å². The molecule has 1 unspecified atom stereocenters. The highest BCUT2D eigenvalue weighted by Gasteiger charge is 2.27. The van der Waals surface area contributed by atoms with Crippen LogP contribution in [0, 0.1) is 5.92 Å². The molecule has 1 atom stereocenters. The van der Waals surface area contributed by atoms with Crippen LogP contribution in [0.2, 0.25) is 0 Å². The summed E-state index contributed by atoms with van der Waals surface area (Å²) in [6.45, 7) is 2.14. The molecule has 25 heavy (non-hydrogen) atoms. The second kappa shape index (κ2) is 13.2. The molecule has 1 rings (SSSR count). The first-order valence-electron chi connectivity index (χ1n) is 10.00. The van der Waals surface area contributed by atoms with E-state index in [9.17, 15) is 13.2 Å². The molecule has 0 aromatic heterocycles. The SMILES string of the molecule is CCCCCCC(=O)C[S+](C)OS(=O)(=O)CCCCC1CCCCC1. The first kappa shape index (κ1) is 23.0. The first-order chi connectivity index (χ1) is 11.9. The lowest BCUT2D eigenvalue weighted by molar-refractivity contribution is -0.116. The van der Waals surface area contributed by atoms with Crippen LogP contribution < -0.4 is 0 Å². The lowest BCUT2D eigenvalue weighted by atomic mass is 9.86. The van der Waals surface area contributed by atoms with Crippen LogP contribution in [0.5, 0.6) is 0 Å². The maximum absolute atomic E-state index is 12.0. The monoisotopic (exact) mass is 393 g/mol. The van der Waals surface area contributed by atoms with Crippen molar-refractivity contribution in [3.05, 3.63) is 0 Å². The topological polar surface area (TPSA) is 60.4 Å². The molecule has 1 fully saturated rings. The van der Waals surface area contributed by atoms with Gasteiger partial charge in [0.05, 0.1) is 5.75 Å². The predicted octanol–water partition coefficient (Wildman–Crippen LogP) is 4.79. The Hall–Kier alpha value is -0.0700. The fourth-order valence-electron chi connectivity index (χ4n) is 3.47. The summed E-state index contributed by atoms with van der Waals surface area (Å²) in [5.41, 5.74) is 0. The Bertz CT molecular complexity index is 456. The summed E-state index contributed by atoms with van der Waals surface area (Å²) in [4.78, 5) is 11.9. The van der Waals surface area contributed by atoms with Crippen molar-refractivity contribution in [3.8, 4) is 0 Å². The Morgan fingerprint density at radius 2 is 1.76 bits per heavy atom. The number of ketones is 1. The quantitative estimate of drug-likeness (QED) is 0.314. The van der Waals surface area contributed by atoms with Crippen molar-refractivity contribution in [2.45, 2.75) is 90.4 Å². The molecule has 0 aromatic rings. The fraction of sp³-hybridized carbons (Fsp3) is 0.947. The molecule has 0 aromatic carbocycles. The van der Waals surface area contributed by atoms with Gasteiger partial charge in [-0.05, 0) is 22.4 Å². The molecular formula is C19H37O4S2+. The van der Waals surface area contributed by atoms with E-state index in [0.717, 1.165) is 44.4 Å². The number of hydrogen-bond acceptors (Lipinski definition) is 4. The minimum absolute atomic E-state index is 0.0851. The summed E-state index contributed by atoms with van der Waals surface area (Å²) in [7, 11) is -3.50. The van der Waals surface area contributed by atoms with E-state index < -0.39 is 21.3 Å². The summed E-state index contributed by atoms with van der Waals surface area (Å²) >= 11 is -0.824. The summed E-state index contributed by atoms with van der Waals surface area (Å²) < 4.78 is 29.3. The van der Waals surface area contributed by atoms with Gasteiger partial charge in [-0.3, -0.25) is 4.79 Å². The highest BCUT2D eigenvalue weighted by molar-refractivity contribution is 8.02. The molecular weight excluding hydrogens is 356 g/mol. The zero-order chi connectivity index (χ0) is 18.5. The molecule has 0 heterocycles. The lowest BCUT2D eigenvalue weighted by Gasteiger charge is -2.21. The van der Waals surface area contributed by atoms with Crippen molar-refractivity contribution in [2.75, 3.05) is 17.8 Å². The maximum atomic E-state index is 12.0. The smallest absolute Gasteiger partial charge is 0.294 e. The molecule has 0 spiro atoms. The van der Waals surface area contributed by atoms with Crippen molar-refractivity contribution < 1.29 is 16.8 Å². The van der Waals surface area contributed by atoms with E-state index in [1.165, 1.54) is 32.1 Å². The van der Waals surface area contributed by atoms with Crippen LogP contribution in [0.25, 0.3) is 0 Å². The van der Waals surface area contributed by atoms with Crippen LogP contribution in [-0.2, 0) is 29.7 Å². The number of rotatable bonds is 14. The van der Waals surface area contributed by atoms with Crippen molar-refractivity contribution in [2.24, 2.45) is 5.92 Å². The molecule has 1 aliphatic rings. The van der Waals surface area contributed by atoms with Crippen molar-refractivity contribution in [1.82, 2.24) is 0 Å². The molecule has 0 N–H and O–H groups in total. The van der Waals surface area contributed by atoms with E-state index >= 15 is 0 Å². The van der Waals surface area contributed by atoms with Gasteiger partial charge in [-0.15, -0.1) is 0 Å². The molecule has 0 aliphatic heterocycles. The molecule has 4 nitrogen and oxygen atoms in total. The van der Waals surface area contributed by atoms with Gasteiger partial charge < -0.3 is 0 Å². The van der Waals surface area contributed by atoms with Gasteiger partial charge in [0.25, 0.3) is 0 Å². The highest BCUT2D eigenvalue weighted by atomic mass is 32.3. The Balaban J connectivity index is 2.14. The third kappa shape index (κ3) is 12.0.